The normalized spacial score (nSPS) is 12.3. The minimum Gasteiger partial charge on any atom is -0.467 e. The second-order valence-electron chi connectivity index (χ2n) is 4.70. The van der Waals surface area contributed by atoms with Crippen LogP contribution in [0.25, 0.3) is 6.08 Å². The fourth-order valence-electron chi connectivity index (χ4n) is 1.93. The number of ether oxygens (including phenoxy) is 2. The molecule has 1 aromatic carbocycles. The van der Waals surface area contributed by atoms with Crippen LogP contribution in [0, 0.1) is 0 Å². The van der Waals surface area contributed by atoms with E-state index in [2.05, 4.69) is 6.58 Å². The number of aliphatic hydroxyl groups excluding tert-OH is 1. The first-order valence-electron chi connectivity index (χ1n) is 6.79. The van der Waals surface area contributed by atoms with E-state index in [0.717, 1.165) is 11.1 Å². The molecule has 0 fully saturated rings. The first kappa shape index (κ1) is 17.1. The van der Waals surface area contributed by atoms with E-state index >= 15 is 0 Å². The van der Waals surface area contributed by atoms with Crippen molar-refractivity contribution >= 4 is 11.9 Å². The molecule has 0 amide bonds. The highest BCUT2D eigenvalue weighted by Crippen LogP contribution is 2.26. The maximum absolute atomic E-state index is 11.1. The summed E-state index contributed by atoms with van der Waals surface area (Å²) in [5.74, 6) is 0.612. The molecule has 0 heterocycles. The largest absolute Gasteiger partial charge is 0.467 e. The van der Waals surface area contributed by atoms with Crippen LogP contribution >= 0.6 is 0 Å². The van der Waals surface area contributed by atoms with Crippen molar-refractivity contribution in [3.63, 3.8) is 0 Å². The second kappa shape index (κ2) is 9.10. The van der Waals surface area contributed by atoms with E-state index in [1.165, 1.54) is 13.0 Å². The summed E-state index contributed by atoms with van der Waals surface area (Å²) in [6.07, 6.45) is 5.28. The Morgan fingerprint density at radius 3 is 2.86 bits per heavy atom. The predicted octanol–water partition coefficient (Wildman–Crippen LogP) is 2.75. The maximum atomic E-state index is 11.1. The standard InChI is InChI=1S/C17H22O4/c1-4-6-15(19)11-16-14(10-9-13(2)18)7-5-8-17(16)21-12-20-3/h4-5,7-10,15,19H,1,6,11-12H2,2-3H3/b10-9+/t15-/m0/s1. The number of carbonyl (C=O) groups is 1. The van der Waals surface area contributed by atoms with Gasteiger partial charge < -0.3 is 14.6 Å². The van der Waals surface area contributed by atoms with Crippen molar-refractivity contribution in [2.24, 2.45) is 0 Å². The fourth-order valence-corrected chi connectivity index (χ4v) is 1.93. The molecule has 1 atom stereocenters. The average molecular weight is 290 g/mol. The van der Waals surface area contributed by atoms with Gasteiger partial charge in [0, 0.05) is 19.1 Å². The SMILES string of the molecule is C=CC[C@H](O)Cc1c(/C=C/C(C)=O)cccc1OCOC. The lowest BCUT2D eigenvalue weighted by atomic mass is 9.98. The molecule has 0 unspecified atom stereocenters. The van der Waals surface area contributed by atoms with Crippen molar-refractivity contribution < 1.29 is 19.4 Å². The summed E-state index contributed by atoms with van der Waals surface area (Å²) >= 11 is 0. The lowest BCUT2D eigenvalue weighted by molar-refractivity contribution is -0.112. The third-order valence-electron chi connectivity index (χ3n) is 2.88. The summed E-state index contributed by atoms with van der Waals surface area (Å²) in [5, 5.41) is 10.0. The molecule has 0 aliphatic carbocycles. The third-order valence-corrected chi connectivity index (χ3v) is 2.88. The molecule has 0 saturated heterocycles. The van der Waals surface area contributed by atoms with Gasteiger partial charge in [0.25, 0.3) is 0 Å². The van der Waals surface area contributed by atoms with Gasteiger partial charge in [0.2, 0.25) is 0 Å². The Kier molecular flexibility index (Phi) is 7.43. The highest BCUT2D eigenvalue weighted by Gasteiger charge is 2.12. The molecule has 114 valence electrons. The van der Waals surface area contributed by atoms with Gasteiger partial charge in [-0.3, -0.25) is 4.79 Å². The van der Waals surface area contributed by atoms with Crippen molar-refractivity contribution in [1.29, 1.82) is 0 Å². The van der Waals surface area contributed by atoms with Crippen LogP contribution in [0.1, 0.15) is 24.5 Å². The number of aliphatic hydroxyl groups is 1. The van der Waals surface area contributed by atoms with Crippen molar-refractivity contribution in [2.45, 2.75) is 25.9 Å². The lowest BCUT2D eigenvalue weighted by Gasteiger charge is -2.16. The van der Waals surface area contributed by atoms with Gasteiger partial charge in [-0.15, -0.1) is 6.58 Å². The maximum Gasteiger partial charge on any atom is 0.188 e. The molecule has 1 N–H and O–H groups in total. The van der Waals surface area contributed by atoms with E-state index in [1.54, 1.807) is 19.3 Å². The minimum absolute atomic E-state index is 0.0317. The van der Waals surface area contributed by atoms with E-state index in [4.69, 9.17) is 9.47 Å². The molecule has 4 nitrogen and oxygen atoms in total. The van der Waals surface area contributed by atoms with E-state index in [-0.39, 0.29) is 12.6 Å². The number of methoxy groups -OCH3 is 1. The van der Waals surface area contributed by atoms with Gasteiger partial charge in [0.15, 0.2) is 12.6 Å². The molecule has 0 bridgehead atoms. The molecule has 21 heavy (non-hydrogen) atoms. The van der Waals surface area contributed by atoms with Crippen LogP contribution in [0.15, 0.2) is 36.9 Å². The average Bonchev–Trinajstić information content (AvgIpc) is 2.44. The van der Waals surface area contributed by atoms with Crippen molar-refractivity contribution in [3.8, 4) is 5.75 Å². The number of ketones is 1. The summed E-state index contributed by atoms with van der Waals surface area (Å²) < 4.78 is 10.5. The van der Waals surface area contributed by atoms with Crippen LogP contribution in [-0.4, -0.2) is 30.9 Å². The van der Waals surface area contributed by atoms with Crippen LogP contribution in [0.3, 0.4) is 0 Å². The molecule has 4 heteroatoms. The molecule has 0 aliphatic rings. The van der Waals surface area contributed by atoms with Crippen LogP contribution < -0.4 is 4.74 Å². The summed E-state index contributed by atoms with van der Waals surface area (Å²) in [5.41, 5.74) is 1.70. The topological polar surface area (TPSA) is 55.8 Å². The number of benzene rings is 1. The van der Waals surface area contributed by atoms with Crippen molar-refractivity contribution in [1.82, 2.24) is 0 Å². The van der Waals surface area contributed by atoms with E-state index in [1.807, 2.05) is 18.2 Å². The Hall–Kier alpha value is -1.91. The molecule has 0 radical (unpaired) electrons. The number of hydrogen-bond acceptors (Lipinski definition) is 4. The quantitative estimate of drug-likeness (QED) is 0.431. The summed E-state index contributed by atoms with van der Waals surface area (Å²) in [7, 11) is 1.55. The first-order valence-corrected chi connectivity index (χ1v) is 6.79. The molecule has 1 aromatic rings. The van der Waals surface area contributed by atoms with E-state index < -0.39 is 6.10 Å². The number of carbonyl (C=O) groups excluding carboxylic acids is 1. The fraction of sp³-hybridized carbons (Fsp3) is 0.353. The van der Waals surface area contributed by atoms with Crippen molar-refractivity contribution in [3.05, 3.63) is 48.1 Å². The minimum atomic E-state index is -0.542. The monoisotopic (exact) mass is 290 g/mol. The molecule has 0 aliphatic heterocycles. The number of allylic oxidation sites excluding steroid dienone is 1. The van der Waals surface area contributed by atoms with E-state index in [0.29, 0.717) is 18.6 Å². The molecular formula is C17H22O4. The molecule has 0 saturated carbocycles. The number of hydrogen-bond donors (Lipinski definition) is 1. The Balaban J connectivity index is 3.09. The zero-order valence-corrected chi connectivity index (χ0v) is 12.5. The Bertz CT molecular complexity index is 506. The smallest absolute Gasteiger partial charge is 0.188 e. The molecule has 0 aromatic heterocycles. The van der Waals surface area contributed by atoms with Crippen LogP contribution in [0.4, 0.5) is 0 Å². The Morgan fingerprint density at radius 1 is 1.48 bits per heavy atom. The number of rotatable bonds is 9. The highest BCUT2D eigenvalue weighted by atomic mass is 16.7. The van der Waals surface area contributed by atoms with Crippen molar-refractivity contribution in [2.75, 3.05) is 13.9 Å². The van der Waals surface area contributed by atoms with Gasteiger partial charge in [-0.05, 0) is 31.1 Å². The first-order chi connectivity index (χ1) is 10.1. The van der Waals surface area contributed by atoms with E-state index in [9.17, 15) is 9.90 Å². The molecule has 0 spiro atoms. The Labute approximate surface area is 125 Å². The molecule has 1 rings (SSSR count). The summed E-state index contributed by atoms with van der Waals surface area (Å²) in [6.45, 7) is 5.25. The molecular weight excluding hydrogens is 268 g/mol. The van der Waals surface area contributed by atoms with Gasteiger partial charge in [-0.25, -0.2) is 0 Å². The lowest BCUT2D eigenvalue weighted by Crippen LogP contribution is -2.12. The van der Waals surface area contributed by atoms with Crippen LogP contribution in [0.2, 0.25) is 0 Å². The highest BCUT2D eigenvalue weighted by molar-refractivity contribution is 5.91. The zero-order valence-electron chi connectivity index (χ0n) is 12.5. The van der Waals surface area contributed by atoms with Gasteiger partial charge in [0.05, 0.1) is 6.10 Å². The predicted molar refractivity (Wildman–Crippen MR) is 83.2 cm³/mol. The Morgan fingerprint density at radius 2 is 2.24 bits per heavy atom. The zero-order chi connectivity index (χ0) is 15.7. The van der Waals surface area contributed by atoms with Gasteiger partial charge in [0.1, 0.15) is 5.75 Å². The summed E-state index contributed by atoms with van der Waals surface area (Å²) in [6, 6.07) is 5.54. The van der Waals surface area contributed by atoms with Gasteiger partial charge in [-0.1, -0.05) is 24.3 Å². The van der Waals surface area contributed by atoms with Gasteiger partial charge in [-0.2, -0.15) is 0 Å². The third kappa shape index (κ3) is 5.94. The van der Waals surface area contributed by atoms with Crippen LogP contribution in [-0.2, 0) is 16.0 Å². The van der Waals surface area contributed by atoms with Crippen LogP contribution in [0.5, 0.6) is 5.75 Å². The second-order valence-corrected chi connectivity index (χ2v) is 4.70. The van der Waals surface area contributed by atoms with Gasteiger partial charge >= 0.3 is 0 Å². The summed E-state index contributed by atoms with van der Waals surface area (Å²) in [4.78, 5) is 11.1.